The van der Waals surface area contributed by atoms with Crippen molar-refractivity contribution >= 4 is 11.7 Å². The van der Waals surface area contributed by atoms with Crippen molar-refractivity contribution in [1.29, 1.82) is 0 Å². The summed E-state index contributed by atoms with van der Waals surface area (Å²) in [7, 11) is 0. The molecule has 4 nitrogen and oxygen atoms in total. The number of aromatic nitrogens is 1. The molecular weight excluding hydrogens is 326 g/mol. The molecule has 1 amide bonds. The number of nitrogens with one attached hydrogen (secondary N) is 1. The predicted molar refractivity (Wildman–Crippen MR) is 90.6 cm³/mol. The highest BCUT2D eigenvalue weighted by atomic mass is 19.1. The number of hydrogen-bond acceptors (Lipinski definition) is 3. The van der Waals surface area contributed by atoms with Gasteiger partial charge in [0.15, 0.2) is 11.6 Å². The summed E-state index contributed by atoms with van der Waals surface area (Å²) in [5.41, 5.74) is -0.110. The molecule has 0 spiro atoms. The van der Waals surface area contributed by atoms with Crippen molar-refractivity contribution in [3.63, 3.8) is 0 Å². The minimum atomic E-state index is -0.806. The highest BCUT2D eigenvalue weighted by molar-refractivity contribution is 6.04. The van der Waals surface area contributed by atoms with E-state index in [1.165, 1.54) is 25.5 Å². The van der Waals surface area contributed by atoms with Gasteiger partial charge in [0.2, 0.25) is 0 Å². The number of nitrogens with zero attached hydrogens (tertiary/aromatic N) is 1. The SMILES string of the molecule is O=C(Nc1ncccc1OCC1CCCCC1)c1cc(F)cc(F)c1. The van der Waals surface area contributed by atoms with Gasteiger partial charge in [0, 0.05) is 17.8 Å². The molecule has 1 fully saturated rings. The molecular formula is C19H20F2N2O2. The van der Waals surface area contributed by atoms with Crippen molar-refractivity contribution in [2.75, 3.05) is 11.9 Å². The molecule has 0 unspecified atom stereocenters. The number of pyridine rings is 1. The monoisotopic (exact) mass is 346 g/mol. The molecule has 1 N–H and O–H groups in total. The number of amides is 1. The molecule has 1 aromatic heterocycles. The Morgan fingerprint density at radius 1 is 1.16 bits per heavy atom. The van der Waals surface area contributed by atoms with Gasteiger partial charge in [-0.15, -0.1) is 0 Å². The first-order chi connectivity index (χ1) is 12.1. The first-order valence-electron chi connectivity index (χ1n) is 8.47. The fraction of sp³-hybridized carbons (Fsp3) is 0.368. The first-order valence-corrected chi connectivity index (χ1v) is 8.47. The lowest BCUT2D eigenvalue weighted by Crippen LogP contribution is -2.18. The van der Waals surface area contributed by atoms with Crippen LogP contribution in [0.15, 0.2) is 36.5 Å². The van der Waals surface area contributed by atoms with Crippen LogP contribution in [0.1, 0.15) is 42.5 Å². The highest BCUT2D eigenvalue weighted by Crippen LogP contribution is 2.27. The maximum Gasteiger partial charge on any atom is 0.257 e. The van der Waals surface area contributed by atoms with Crippen LogP contribution in [0.4, 0.5) is 14.6 Å². The van der Waals surface area contributed by atoms with Crippen LogP contribution in [-0.4, -0.2) is 17.5 Å². The number of carbonyl (C=O) groups excluding carboxylic acids is 1. The zero-order valence-electron chi connectivity index (χ0n) is 13.8. The Balaban J connectivity index is 1.68. The second-order valence-electron chi connectivity index (χ2n) is 6.28. The maximum absolute atomic E-state index is 13.3. The van der Waals surface area contributed by atoms with Gasteiger partial charge in [-0.25, -0.2) is 13.8 Å². The summed E-state index contributed by atoms with van der Waals surface area (Å²) in [6.45, 7) is 0.573. The quantitative estimate of drug-likeness (QED) is 0.863. The Morgan fingerprint density at radius 3 is 2.60 bits per heavy atom. The van der Waals surface area contributed by atoms with Crippen molar-refractivity contribution in [1.82, 2.24) is 4.98 Å². The van der Waals surface area contributed by atoms with Crippen molar-refractivity contribution < 1.29 is 18.3 Å². The van der Waals surface area contributed by atoms with Crippen LogP contribution < -0.4 is 10.1 Å². The average Bonchev–Trinajstić information content (AvgIpc) is 2.61. The Labute approximate surface area is 145 Å². The third-order valence-electron chi connectivity index (χ3n) is 4.33. The topological polar surface area (TPSA) is 51.2 Å². The third-order valence-corrected chi connectivity index (χ3v) is 4.33. The summed E-state index contributed by atoms with van der Waals surface area (Å²) in [5.74, 6) is -1.04. The molecule has 1 heterocycles. The van der Waals surface area contributed by atoms with Gasteiger partial charge in [0.1, 0.15) is 11.6 Å². The number of hydrogen-bond donors (Lipinski definition) is 1. The fourth-order valence-corrected chi connectivity index (χ4v) is 3.03. The second-order valence-corrected chi connectivity index (χ2v) is 6.28. The Morgan fingerprint density at radius 2 is 1.88 bits per heavy atom. The molecule has 0 saturated heterocycles. The van der Waals surface area contributed by atoms with E-state index in [1.54, 1.807) is 12.1 Å². The number of rotatable bonds is 5. The molecule has 1 saturated carbocycles. The van der Waals surface area contributed by atoms with Crippen molar-refractivity contribution in [3.05, 3.63) is 53.7 Å². The number of carbonyl (C=O) groups is 1. The molecule has 25 heavy (non-hydrogen) atoms. The zero-order chi connectivity index (χ0) is 17.6. The van der Waals surface area contributed by atoms with Gasteiger partial charge in [-0.1, -0.05) is 19.3 Å². The predicted octanol–water partition coefficient (Wildman–Crippen LogP) is 4.57. The number of halogens is 2. The summed E-state index contributed by atoms with van der Waals surface area (Å²) in [4.78, 5) is 16.3. The normalized spacial score (nSPS) is 15.0. The van der Waals surface area contributed by atoms with Gasteiger partial charge in [-0.2, -0.15) is 0 Å². The van der Waals surface area contributed by atoms with Gasteiger partial charge < -0.3 is 10.1 Å². The molecule has 6 heteroatoms. The van der Waals surface area contributed by atoms with Crippen LogP contribution in [0.3, 0.4) is 0 Å². The van der Waals surface area contributed by atoms with E-state index in [1.807, 2.05) is 0 Å². The van der Waals surface area contributed by atoms with E-state index in [-0.39, 0.29) is 11.4 Å². The van der Waals surface area contributed by atoms with Crippen LogP contribution in [-0.2, 0) is 0 Å². The number of benzene rings is 1. The van der Waals surface area contributed by atoms with Crippen LogP contribution in [0.25, 0.3) is 0 Å². The van der Waals surface area contributed by atoms with Gasteiger partial charge in [0.05, 0.1) is 6.61 Å². The van der Waals surface area contributed by atoms with E-state index in [2.05, 4.69) is 10.3 Å². The minimum absolute atomic E-state index is 0.110. The van der Waals surface area contributed by atoms with E-state index in [9.17, 15) is 13.6 Å². The molecule has 0 aliphatic heterocycles. The molecule has 0 bridgehead atoms. The maximum atomic E-state index is 13.3. The van der Waals surface area contributed by atoms with E-state index in [0.29, 0.717) is 18.3 Å². The molecule has 132 valence electrons. The summed E-state index contributed by atoms with van der Waals surface area (Å²) in [5, 5.41) is 2.56. The van der Waals surface area contributed by atoms with Crippen molar-refractivity contribution in [3.8, 4) is 5.75 Å². The van der Waals surface area contributed by atoms with Gasteiger partial charge in [-0.05, 0) is 43.0 Å². The lowest BCUT2D eigenvalue weighted by Gasteiger charge is -2.22. The highest BCUT2D eigenvalue weighted by Gasteiger charge is 2.17. The first kappa shape index (κ1) is 17.3. The fourth-order valence-electron chi connectivity index (χ4n) is 3.03. The smallest absolute Gasteiger partial charge is 0.257 e. The van der Waals surface area contributed by atoms with Crippen LogP contribution in [0.5, 0.6) is 5.75 Å². The zero-order valence-corrected chi connectivity index (χ0v) is 13.8. The third kappa shape index (κ3) is 4.75. The molecule has 1 aromatic carbocycles. The lowest BCUT2D eigenvalue weighted by molar-refractivity contribution is 0.102. The Hall–Kier alpha value is -2.50. The number of ether oxygens (including phenoxy) is 1. The second kappa shape index (κ2) is 8.05. The van der Waals surface area contributed by atoms with Gasteiger partial charge in [0.25, 0.3) is 5.91 Å². The van der Waals surface area contributed by atoms with Gasteiger partial charge in [-0.3, -0.25) is 4.79 Å². The average molecular weight is 346 g/mol. The van der Waals surface area contributed by atoms with Gasteiger partial charge >= 0.3 is 0 Å². The molecule has 0 radical (unpaired) electrons. The largest absolute Gasteiger partial charge is 0.489 e. The molecule has 1 aliphatic carbocycles. The molecule has 0 atom stereocenters. The van der Waals surface area contributed by atoms with Crippen molar-refractivity contribution in [2.45, 2.75) is 32.1 Å². The lowest BCUT2D eigenvalue weighted by atomic mass is 9.90. The Kier molecular flexibility index (Phi) is 5.58. The van der Waals surface area contributed by atoms with Crippen LogP contribution in [0.2, 0.25) is 0 Å². The molecule has 3 rings (SSSR count). The van der Waals surface area contributed by atoms with Crippen LogP contribution in [0, 0.1) is 17.6 Å². The summed E-state index contributed by atoms with van der Waals surface area (Å²) in [6.07, 6.45) is 7.52. The summed E-state index contributed by atoms with van der Waals surface area (Å²) in [6, 6.07) is 6.11. The summed E-state index contributed by atoms with van der Waals surface area (Å²) >= 11 is 0. The van der Waals surface area contributed by atoms with E-state index in [4.69, 9.17) is 4.74 Å². The summed E-state index contributed by atoms with van der Waals surface area (Å²) < 4.78 is 32.4. The van der Waals surface area contributed by atoms with Crippen LogP contribution >= 0.6 is 0 Å². The van der Waals surface area contributed by atoms with E-state index >= 15 is 0 Å². The molecule has 1 aliphatic rings. The Bertz CT molecular complexity index is 726. The van der Waals surface area contributed by atoms with E-state index in [0.717, 1.165) is 31.0 Å². The number of anilines is 1. The standard InChI is InChI=1S/C19H20F2N2O2/c20-15-9-14(10-16(21)11-15)19(24)23-18-17(7-4-8-22-18)25-12-13-5-2-1-3-6-13/h4,7-11,13H,1-3,5-6,12H2,(H,22,23,24). The van der Waals surface area contributed by atoms with Crippen molar-refractivity contribution in [2.24, 2.45) is 5.92 Å². The molecule has 2 aromatic rings. The van der Waals surface area contributed by atoms with E-state index < -0.39 is 17.5 Å². The minimum Gasteiger partial charge on any atom is -0.489 e.